The monoisotopic (exact) mass is 183 g/mol. The van der Waals surface area contributed by atoms with Crippen LogP contribution >= 0.6 is 0 Å². The van der Waals surface area contributed by atoms with E-state index in [1.54, 1.807) is 6.07 Å². The first-order valence-electron chi connectivity index (χ1n) is 3.78. The van der Waals surface area contributed by atoms with Crippen LogP contribution in [-0.4, -0.2) is 11.1 Å². The number of rotatable bonds is 3. The van der Waals surface area contributed by atoms with E-state index in [0.29, 0.717) is 16.8 Å². The van der Waals surface area contributed by atoms with E-state index in [1.807, 2.05) is 0 Å². The predicted molar refractivity (Wildman–Crippen MR) is 47.0 cm³/mol. The molecule has 0 aliphatic carbocycles. The summed E-state index contributed by atoms with van der Waals surface area (Å²) in [6.45, 7) is -0.664. The topological polar surface area (TPSA) is 63.3 Å². The Morgan fingerprint density at radius 1 is 1.46 bits per heavy atom. The number of carboxylic acids is 1. The number of alkyl halides is 1. The maximum absolute atomic E-state index is 12.3. The Morgan fingerprint density at radius 3 is 2.69 bits per heavy atom. The molecular formula is C9H10FNO2. The fraction of sp³-hybridized carbons (Fsp3) is 0.222. The summed E-state index contributed by atoms with van der Waals surface area (Å²) in [7, 11) is 0. The number of carbonyl (C=O) groups is 1. The summed E-state index contributed by atoms with van der Waals surface area (Å²) in [6.07, 6.45) is -0.190. The van der Waals surface area contributed by atoms with Crippen molar-refractivity contribution in [2.75, 3.05) is 5.73 Å². The normalized spacial score (nSPS) is 9.92. The predicted octanol–water partition coefficient (Wildman–Crippen LogP) is 1.37. The summed E-state index contributed by atoms with van der Waals surface area (Å²) in [5, 5.41) is 8.51. The number of benzene rings is 1. The average molecular weight is 183 g/mol. The molecule has 1 rings (SSSR count). The van der Waals surface area contributed by atoms with Crippen LogP contribution in [0.25, 0.3) is 0 Å². The van der Waals surface area contributed by atoms with Crippen molar-refractivity contribution in [3.63, 3.8) is 0 Å². The number of hydrogen-bond donors (Lipinski definition) is 2. The highest BCUT2D eigenvalue weighted by molar-refractivity contribution is 5.71. The third-order valence-corrected chi connectivity index (χ3v) is 1.72. The molecule has 0 fully saturated rings. The van der Waals surface area contributed by atoms with Gasteiger partial charge in [-0.25, -0.2) is 4.39 Å². The van der Waals surface area contributed by atoms with Crippen LogP contribution in [0.5, 0.6) is 0 Å². The van der Waals surface area contributed by atoms with Crippen LogP contribution in [0.1, 0.15) is 11.1 Å². The lowest BCUT2D eigenvalue weighted by Crippen LogP contribution is -2.03. The van der Waals surface area contributed by atoms with Crippen molar-refractivity contribution < 1.29 is 14.3 Å². The van der Waals surface area contributed by atoms with E-state index in [9.17, 15) is 9.18 Å². The minimum Gasteiger partial charge on any atom is -0.481 e. The van der Waals surface area contributed by atoms with Crippen molar-refractivity contribution >= 4 is 11.7 Å². The number of halogens is 1. The molecular weight excluding hydrogens is 173 g/mol. The number of hydrogen-bond acceptors (Lipinski definition) is 2. The molecule has 0 aliphatic rings. The molecule has 4 heteroatoms. The molecule has 3 nitrogen and oxygen atoms in total. The van der Waals surface area contributed by atoms with Crippen LogP contribution in [0.3, 0.4) is 0 Å². The summed E-state index contributed by atoms with van der Waals surface area (Å²) in [6, 6.07) is 4.55. The number of nitrogens with two attached hydrogens (primary N) is 1. The van der Waals surface area contributed by atoms with Gasteiger partial charge in [0.05, 0.1) is 6.42 Å². The minimum absolute atomic E-state index is 0.190. The van der Waals surface area contributed by atoms with Gasteiger partial charge >= 0.3 is 5.97 Å². The van der Waals surface area contributed by atoms with Gasteiger partial charge in [-0.3, -0.25) is 4.79 Å². The third-order valence-electron chi connectivity index (χ3n) is 1.72. The molecule has 0 heterocycles. The second kappa shape index (κ2) is 3.89. The molecule has 0 bridgehead atoms. The van der Waals surface area contributed by atoms with Gasteiger partial charge in [0, 0.05) is 5.69 Å². The zero-order chi connectivity index (χ0) is 9.84. The quantitative estimate of drug-likeness (QED) is 0.695. The van der Waals surface area contributed by atoms with Crippen molar-refractivity contribution in [3.8, 4) is 0 Å². The van der Waals surface area contributed by atoms with E-state index >= 15 is 0 Å². The Labute approximate surface area is 75.0 Å². The van der Waals surface area contributed by atoms with Gasteiger partial charge in [-0.05, 0) is 23.3 Å². The van der Waals surface area contributed by atoms with E-state index in [2.05, 4.69) is 0 Å². The second-order valence-corrected chi connectivity index (χ2v) is 2.73. The molecule has 0 amide bonds. The molecule has 0 atom stereocenters. The molecule has 0 saturated carbocycles. The second-order valence-electron chi connectivity index (χ2n) is 2.73. The SMILES string of the molecule is Nc1ccc(CF)c(CC(=O)O)c1. The summed E-state index contributed by atoms with van der Waals surface area (Å²) < 4.78 is 12.3. The van der Waals surface area contributed by atoms with E-state index in [0.717, 1.165) is 0 Å². The minimum atomic E-state index is -0.986. The molecule has 1 aromatic rings. The molecule has 0 aromatic heterocycles. The fourth-order valence-electron chi connectivity index (χ4n) is 1.10. The highest BCUT2D eigenvalue weighted by Gasteiger charge is 2.06. The molecule has 1 aromatic carbocycles. The lowest BCUT2D eigenvalue weighted by atomic mass is 10.0. The van der Waals surface area contributed by atoms with Gasteiger partial charge in [0.1, 0.15) is 6.67 Å². The first-order valence-corrected chi connectivity index (χ1v) is 3.78. The van der Waals surface area contributed by atoms with Gasteiger partial charge in [-0.2, -0.15) is 0 Å². The molecule has 3 N–H and O–H groups in total. The van der Waals surface area contributed by atoms with Gasteiger partial charge in [-0.1, -0.05) is 6.07 Å². The Balaban J connectivity index is 3.01. The molecule has 0 saturated heterocycles. The summed E-state index contributed by atoms with van der Waals surface area (Å²) in [5.41, 5.74) is 6.72. The van der Waals surface area contributed by atoms with Crippen LogP contribution in [0.4, 0.5) is 10.1 Å². The van der Waals surface area contributed by atoms with Gasteiger partial charge in [0.25, 0.3) is 0 Å². The van der Waals surface area contributed by atoms with Gasteiger partial charge in [0.15, 0.2) is 0 Å². The van der Waals surface area contributed by atoms with E-state index in [4.69, 9.17) is 10.8 Å². The standard InChI is InChI=1S/C9H10FNO2/c10-5-6-1-2-8(11)3-7(6)4-9(12)13/h1-3H,4-5,11H2,(H,12,13). The van der Waals surface area contributed by atoms with Crippen molar-refractivity contribution in [2.45, 2.75) is 13.1 Å². The van der Waals surface area contributed by atoms with Gasteiger partial charge < -0.3 is 10.8 Å². The molecule has 70 valence electrons. The van der Waals surface area contributed by atoms with E-state index < -0.39 is 12.6 Å². The molecule has 0 aliphatic heterocycles. The lowest BCUT2D eigenvalue weighted by Gasteiger charge is -2.04. The maximum atomic E-state index is 12.3. The number of aliphatic carboxylic acids is 1. The summed E-state index contributed by atoms with van der Waals surface area (Å²) in [4.78, 5) is 10.4. The van der Waals surface area contributed by atoms with E-state index in [1.165, 1.54) is 12.1 Å². The summed E-state index contributed by atoms with van der Waals surface area (Å²) in [5.74, 6) is -0.986. The highest BCUT2D eigenvalue weighted by Crippen LogP contribution is 2.15. The van der Waals surface area contributed by atoms with Crippen LogP contribution in [-0.2, 0) is 17.9 Å². The first-order chi connectivity index (χ1) is 6.13. The number of anilines is 1. The average Bonchev–Trinajstić information content (AvgIpc) is 2.03. The van der Waals surface area contributed by atoms with Crippen LogP contribution in [0, 0.1) is 0 Å². The van der Waals surface area contributed by atoms with Crippen LogP contribution in [0.15, 0.2) is 18.2 Å². The molecule has 0 spiro atoms. The Hall–Kier alpha value is -1.58. The van der Waals surface area contributed by atoms with Gasteiger partial charge in [-0.15, -0.1) is 0 Å². The number of nitrogen functional groups attached to an aromatic ring is 1. The third kappa shape index (κ3) is 2.43. The fourth-order valence-corrected chi connectivity index (χ4v) is 1.10. The molecule has 13 heavy (non-hydrogen) atoms. The Kier molecular flexibility index (Phi) is 2.84. The molecule has 0 unspecified atom stereocenters. The highest BCUT2D eigenvalue weighted by atomic mass is 19.1. The molecule has 0 radical (unpaired) electrons. The van der Waals surface area contributed by atoms with Crippen LogP contribution < -0.4 is 5.73 Å². The van der Waals surface area contributed by atoms with Crippen molar-refractivity contribution in [1.82, 2.24) is 0 Å². The van der Waals surface area contributed by atoms with Crippen LogP contribution in [0.2, 0.25) is 0 Å². The van der Waals surface area contributed by atoms with E-state index in [-0.39, 0.29) is 6.42 Å². The van der Waals surface area contributed by atoms with Gasteiger partial charge in [0.2, 0.25) is 0 Å². The van der Waals surface area contributed by atoms with Crippen molar-refractivity contribution in [3.05, 3.63) is 29.3 Å². The largest absolute Gasteiger partial charge is 0.481 e. The zero-order valence-corrected chi connectivity index (χ0v) is 6.96. The lowest BCUT2D eigenvalue weighted by molar-refractivity contribution is -0.136. The first kappa shape index (κ1) is 9.51. The Morgan fingerprint density at radius 2 is 2.15 bits per heavy atom. The Bertz CT molecular complexity index is 325. The van der Waals surface area contributed by atoms with Crippen molar-refractivity contribution in [2.24, 2.45) is 0 Å². The maximum Gasteiger partial charge on any atom is 0.307 e. The smallest absolute Gasteiger partial charge is 0.307 e. The zero-order valence-electron chi connectivity index (χ0n) is 6.96. The van der Waals surface area contributed by atoms with Crippen molar-refractivity contribution in [1.29, 1.82) is 0 Å². The summed E-state index contributed by atoms with van der Waals surface area (Å²) >= 11 is 0. The number of carboxylic acid groups (broad SMARTS) is 1.